The summed E-state index contributed by atoms with van der Waals surface area (Å²) in [7, 11) is 1.73. The number of benzene rings is 2. The number of halogens is 1. The molecule has 7 heteroatoms. The van der Waals surface area contributed by atoms with Crippen LogP contribution in [0.1, 0.15) is 31.0 Å². The van der Waals surface area contributed by atoms with Crippen molar-refractivity contribution in [2.45, 2.75) is 38.0 Å². The van der Waals surface area contributed by atoms with Crippen LogP contribution in [0, 0.1) is 0 Å². The van der Waals surface area contributed by atoms with Gasteiger partial charge in [0.2, 0.25) is 0 Å². The predicted molar refractivity (Wildman–Crippen MR) is 114 cm³/mol. The highest BCUT2D eigenvalue weighted by atomic mass is 35.5. The minimum atomic E-state index is -0.760. The number of hydrogen-bond donors (Lipinski definition) is 2. The van der Waals surface area contributed by atoms with Gasteiger partial charge in [0.25, 0.3) is 5.91 Å². The monoisotopic (exact) mass is 418 g/mol. The van der Waals surface area contributed by atoms with Crippen molar-refractivity contribution in [1.29, 1.82) is 0 Å². The van der Waals surface area contributed by atoms with Gasteiger partial charge in [-0.3, -0.25) is 4.79 Å². The Bertz CT molecular complexity index is 888. The second-order valence-corrected chi connectivity index (χ2v) is 7.92. The van der Waals surface area contributed by atoms with E-state index < -0.39 is 11.7 Å². The molecule has 0 fully saturated rings. The van der Waals surface area contributed by atoms with Gasteiger partial charge in [0.05, 0.1) is 11.7 Å². The summed E-state index contributed by atoms with van der Waals surface area (Å²) in [4.78, 5) is 13.5. The molecule has 0 aliphatic carbocycles. The fraction of sp³-hybridized carbons (Fsp3) is 0.409. The Balaban J connectivity index is 0.00000240. The third-order valence-corrected chi connectivity index (χ3v) is 5.53. The molecule has 2 heterocycles. The SMILES string of the molecule is CN1C(=O)COc2cc3c(cc21)OC(C)(C)[C@H](O)[C@H]3NCCc1ccccc1.Cl. The van der Waals surface area contributed by atoms with E-state index in [2.05, 4.69) is 17.4 Å². The van der Waals surface area contributed by atoms with Gasteiger partial charge in [-0.25, -0.2) is 0 Å². The number of amides is 1. The maximum Gasteiger partial charge on any atom is 0.264 e. The van der Waals surface area contributed by atoms with Gasteiger partial charge in [-0.2, -0.15) is 0 Å². The van der Waals surface area contributed by atoms with E-state index in [0.29, 0.717) is 17.2 Å². The van der Waals surface area contributed by atoms with Crippen LogP contribution < -0.4 is 19.7 Å². The van der Waals surface area contributed by atoms with Crippen LogP contribution in [0.5, 0.6) is 11.5 Å². The second kappa shape index (κ2) is 8.22. The molecule has 0 bridgehead atoms. The van der Waals surface area contributed by atoms with E-state index in [9.17, 15) is 9.90 Å². The van der Waals surface area contributed by atoms with Gasteiger partial charge in [0, 0.05) is 18.7 Å². The molecule has 0 unspecified atom stereocenters. The van der Waals surface area contributed by atoms with Crippen molar-refractivity contribution in [3.63, 3.8) is 0 Å². The number of nitrogens with one attached hydrogen (secondary N) is 1. The quantitative estimate of drug-likeness (QED) is 0.798. The molecule has 1 amide bonds. The minimum Gasteiger partial charge on any atom is -0.485 e. The normalized spacial score (nSPS) is 21.9. The number of nitrogens with zero attached hydrogens (tertiary/aromatic N) is 1. The van der Waals surface area contributed by atoms with Crippen LogP contribution in [0.4, 0.5) is 5.69 Å². The second-order valence-electron chi connectivity index (χ2n) is 7.92. The number of aliphatic hydroxyl groups excluding tert-OH is 1. The average molecular weight is 419 g/mol. The maximum atomic E-state index is 12.0. The molecule has 2 aliphatic rings. The summed E-state index contributed by atoms with van der Waals surface area (Å²) in [6.45, 7) is 4.48. The van der Waals surface area contributed by atoms with Crippen molar-refractivity contribution in [3.8, 4) is 11.5 Å². The van der Waals surface area contributed by atoms with E-state index in [1.165, 1.54) is 5.56 Å². The fourth-order valence-corrected chi connectivity index (χ4v) is 3.80. The van der Waals surface area contributed by atoms with Crippen molar-refractivity contribution in [3.05, 3.63) is 53.6 Å². The highest BCUT2D eigenvalue weighted by molar-refractivity contribution is 5.97. The first-order valence-electron chi connectivity index (χ1n) is 9.58. The van der Waals surface area contributed by atoms with Crippen LogP contribution in [-0.2, 0) is 11.2 Å². The van der Waals surface area contributed by atoms with Crippen LogP contribution >= 0.6 is 12.4 Å². The van der Waals surface area contributed by atoms with E-state index >= 15 is 0 Å². The topological polar surface area (TPSA) is 71.0 Å². The Kier molecular flexibility index (Phi) is 6.08. The number of anilines is 1. The molecular formula is C22H27ClN2O4. The van der Waals surface area contributed by atoms with Crippen LogP contribution in [-0.4, -0.2) is 42.9 Å². The predicted octanol–water partition coefficient (Wildman–Crippen LogP) is 2.87. The molecule has 0 radical (unpaired) electrons. The van der Waals surface area contributed by atoms with E-state index in [-0.39, 0.29) is 31.0 Å². The summed E-state index contributed by atoms with van der Waals surface area (Å²) < 4.78 is 11.7. The summed E-state index contributed by atoms with van der Waals surface area (Å²) in [5.41, 5.74) is 2.01. The zero-order valence-electron chi connectivity index (χ0n) is 16.8. The van der Waals surface area contributed by atoms with E-state index in [1.54, 1.807) is 11.9 Å². The molecule has 6 nitrogen and oxygen atoms in total. The molecule has 2 aromatic carbocycles. The van der Waals surface area contributed by atoms with Gasteiger partial charge in [0.15, 0.2) is 6.61 Å². The number of hydrogen-bond acceptors (Lipinski definition) is 5. The summed E-state index contributed by atoms with van der Waals surface area (Å²) in [5.74, 6) is 1.20. The Hall–Kier alpha value is -2.28. The molecule has 0 aromatic heterocycles. The van der Waals surface area contributed by atoms with Gasteiger partial charge in [-0.15, -0.1) is 12.4 Å². The number of ether oxygens (including phenoxy) is 2. The molecule has 2 N–H and O–H groups in total. The highest BCUT2D eigenvalue weighted by Gasteiger charge is 2.43. The van der Waals surface area contributed by atoms with Gasteiger partial charge >= 0.3 is 0 Å². The summed E-state index contributed by atoms with van der Waals surface area (Å²) in [6, 6.07) is 13.7. The average Bonchev–Trinajstić information content (AvgIpc) is 2.68. The maximum absolute atomic E-state index is 12.0. The lowest BCUT2D eigenvalue weighted by atomic mass is 9.86. The third-order valence-electron chi connectivity index (χ3n) is 5.53. The molecule has 2 atom stereocenters. The number of aliphatic hydroxyl groups is 1. The number of carbonyl (C=O) groups is 1. The number of carbonyl (C=O) groups excluding carboxylic acids is 1. The van der Waals surface area contributed by atoms with Crippen LogP contribution in [0.3, 0.4) is 0 Å². The standard InChI is InChI=1S/C22H26N2O4.ClH/c1-22(2)21(26)20(23-10-9-14-7-5-4-6-8-14)15-11-18-16(12-17(15)28-22)24(3)19(25)13-27-18;/h4-8,11-12,20-21,23,26H,9-10,13H2,1-3H3;1H/t20-,21+;/m0./s1. The number of rotatable bonds is 4. The molecule has 0 saturated carbocycles. The molecule has 2 aromatic rings. The molecule has 4 rings (SSSR count). The largest absolute Gasteiger partial charge is 0.485 e. The molecule has 2 aliphatic heterocycles. The summed E-state index contributed by atoms with van der Waals surface area (Å²) >= 11 is 0. The minimum absolute atomic E-state index is 0. The molecule has 29 heavy (non-hydrogen) atoms. The lowest BCUT2D eigenvalue weighted by Crippen LogP contribution is -2.53. The zero-order chi connectivity index (χ0) is 19.9. The first-order valence-corrected chi connectivity index (χ1v) is 9.58. The van der Waals surface area contributed by atoms with Crippen molar-refractivity contribution in [1.82, 2.24) is 5.32 Å². The number of fused-ring (bicyclic) bond motifs is 2. The van der Waals surface area contributed by atoms with Crippen LogP contribution in [0.2, 0.25) is 0 Å². The van der Waals surface area contributed by atoms with E-state index in [0.717, 1.165) is 18.5 Å². The molecule has 156 valence electrons. The van der Waals surface area contributed by atoms with Crippen molar-refractivity contribution < 1.29 is 19.4 Å². The van der Waals surface area contributed by atoms with Gasteiger partial charge in [-0.1, -0.05) is 30.3 Å². The number of likely N-dealkylation sites (N-methyl/N-ethyl adjacent to an activating group) is 1. The Morgan fingerprint density at radius 1 is 1.21 bits per heavy atom. The highest BCUT2D eigenvalue weighted by Crippen LogP contribution is 2.46. The molecule has 0 saturated heterocycles. The summed E-state index contributed by atoms with van der Waals surface area (Å²) in [5, 5.41) is 14.4. The first-order chi connectivity index (χ1) is 13.4. The van der Waals surface area contributed by atoms with Crippen molar-refractivity contribution in [2.24, 2.45) is 0 Å². The Morgan fingerprint density at radius 3 is 2.66 bits per heavy atom. The third kappa shape index (κ3) is 4.06. The van der Waals surface area contributed by atoms with Gasteiger partial charge < -0.3 is 24.8 Å². The zero-order valence-corrected chi connectivity index (χ0v) is 17.7. The van der Waals surface area contributed by atoms with E-state index in [1.807, 2.05) is 44.2 Å². The van der Waals surface area contributed by atoms with Crippen LogP contribution in [0.15, 0.2) is 42.5 Å². The Labute approximate surface area is 177 Å². The van der Waals surface area contributed by atoms with E-state index in [4.69, 9.17) is 9.47 Å². The van der Waals surface area contributed by atoms with Gasteiger partial charge in [0.1, 0.15) is 23.2 Å². The fourth-order valence-electron chi connectivity index (χ4n) is 3.80. The first kappa shape index (κ1) is 21.4. The lowest BCUT2D eigenvalue weighted by Gasteiger charge is -2.43. The summed E-state index contributed by atoms with van der Waals surface area (Å²) in [6.07, 6.45) is 0.135. The van der Waals surface area contributed by atoms with Gasteiger partial charge in [-0.05, 0) is 38.4 Å². The molecular weight excluding hydrogens is 392 g/mol. The Morgan fingerprint density at radius 2 is 1.93 bits per heavy atom. The lowest BCUT2D eigenvalue weighted by molar-refractivity contribution is -0.121. The smallest absolute Gasteiger partial charge is 0.264 e. The van der Waals surface area contributed by atoms with Crippen LogP contribution in [0.25, 0.3) is 0 Å². The van der Waals surface area contributed by atoms with Crippen molar-refractivity contribution in [2.75, 3.05) is 25.1 Å². The molecule has 0 spiro atoms. The van der Waals surface area contributed by atoms with Crippen molar-refractivity contribution >= 4 is 24.0 Å².